The normalized spacial score (nSPS) is 22.1. The molecule has 0 fully saturated rings. The Kier molecular flexibility index (Phi) is 5.32. The number of pyridine rings is 1. The molecule has 3 rings (SSSR count). The number of rotatable bonds is 4. The number of amides is 1. The highest BCUT2D eigenvalue weighted by Crippen LogP contribution is 2.39. The summed E-state index contributed by atoms with van der Waals surface area (Å²) >= 11 is 0. The summed E-state index contributed by atoms with van der Waals surface area (Å²) in [5, 5.41) is 2.46. The average Bonchev–Trinajstić information content (AvgIpc) is 2.63. The number of aromatic nitrogens is 1. The summed E-state index contributed by atoms with van der Waals surface area (Å²) < 4.78 is 59.4. The minimum absolute atomic E-state index is 0.0521. The van der Waals surface area contributed by atoms with Crippen LogP contribution in [0.4, 0.5) is 23.2 Å². The number of nitrogens with one attached hydrogen (secondary N) is 1. The molecule has 6 nitrogen and oxygen atoms in total. The molecule has 2 heterocycles. The largest absolute Gasteiger partial charge is 0.386 e. The van der Waals surface area contributed by atoms with Crippen molar-refractivity contribution in [2.45, 2.75) is 25.0 Å². The number of nitrogens with two attached hydrogens (primary N) is 1. The molecule has 2 atom stereocenters. The van der Waals surface area contributed by atoms with Crippen molar-refractivity contribution in [2.75, 3.05) is 11.9 Å². The van der Waals surface area contributed by atoms with Gasteiger partial charge in [0.15, 0.2) is 0 Å². The van der Waals surface area contributed by atoms with E-state index >= 15 is 0 Å². The molecular formula is C18H16F4N4O2. The summed E-state index contributed by atoms with van der Waals surface area (Å²) in [5.74, 6) is -2.16. The predicted octanol–water partition coefficient (Wildman–Crippen LogP) is 2.85. The fourth-order valence-electron chi connectivity index (χ4n) is 2.96. The molecule has 1 amide bonds. The van der Waals surface area contributed by atoms with Gasteiger partial charge in [-0.25, -0.2) is 22.5 Å². The maximum absolute atomic E-state index is 14.5. The highest BCUT2D eigenvalue weighted by molar-refractivity contribution is 6.02. The Morgan fingerprint density at radius 1 is 1.32 bits per heavy atom. The molecule has 10 heteroatoms. The zero-order valence-electron chi connectivity index (χ0n) is 14.6. The van der Waals surface area contributed by atoms with E-state index in [1.807, 2.05) is 0 Å². The third-order valence-electron chi connectivity index (χ3n) is 4.30. The molecule has 1 aliphatic heterocycles. The lowest BCUT2D eigenvalue weighted by molar-refractivity contribution is -0.0883. The lowest BCUT2D eigenvalue weighted by Crippen LogP contribution is -2.49. The summed E-state index contributed by atoms with van der Waals surface area (Å²) in [7, 11) is 0. The van der Waals surface area contributed by atoms with Gasteiger partial charge in [-0.05, 0) is 37.3 Å². The Labute approximate surface area is 157 Å². The summed E-state index contributed by atoms with van der Waals surface area (Å²) in [6.07, 6.45) is -3.79. The number of amidine groups is 1. The fourth-order valence-corrected chi connectivity index (χ4v) is 2.96. The molecule has 1 aliphatic rings. The first-order valence-electron chi connectivity index (χ1n) is 8.17. The maximum Gasteiger partial charge on any atom is 0.274 e. The second-order valence-corrected chi connectivity index (χ2v) is 6.33. The molecule has 1 aromatic heterocycles. The lowest BCUT2D eigenvalue weighted by Gasteiger charge is -2.37. The lowest BCUT2D eigenvalue weighted by atomic mass is 9.85. The molecule has 28 heavy (non-hydrogen) atoms. The van der Waals surface area contributed by atoms with Gasteiger partial charge in [0, 0.05) is 11.3 Å². The molecule has 148 valence electrons. The van der Waals surface area contributed by atoms with Gasteiger partial charge in [0.25, 0.3) is 12.3 Å². The van der Waals surface area contributed by atoms with E-state index in [0.29, 0.717) is 0 Å². The van der Waals surface area contributed by atoms with E-state index in [1.54, 1.807) is 0 Å². The molecule has 2 aromatic rings. The topological polar surface area (TPSA) is 89.6 Å². The average molecular weight is 396 g/mol. The number of aliphatic imine (C=N–C) groups is 1. The molecule has 0 saturated heterocycles. The van der Waals surface area contributed by atoms with E-state index in [2.05, 4.69) is 15.3 Å². The van der Waals surface area contributed by atoms with Crippen molar-refractivity contribution < 1.29 is 27.1 Å². The van der Waals surface area contributed by atoms with Gasteiger partial charge < -0.3 is 15.8 Å². The van der Waals surface area contributed by atoms with Gasteiger partial charge in [0.1, 0.15) is 41.4 Å². The van der Waals surface area contributed by atoms with Crippen molar-refractivity contribution in [3.8, 4) is 0 Å². The number of hydrogen-bond acceptors (Lipinski definition) is 5. The van der Waals surface area contributed by atoms with Crippen LogP contribution < -0.4 is 11.1 Å². The molecule has 3 N–H and O–H groups in total. The van der Waals surface area contributed by atoms with Crippen LogP contribution in [0.3, 0.4) is 0 Å². The number of ether oxygens (including phenoxy) is 1. The van der Waals surface area contributed by atoms with Crippen LogP contribution in [-0.2, 0) is 10.3 Å². The highest BCUT2D eigenvalue weighted by Gasteiger charge is 2.46. The van der Waals surface area contributed by atoms with Crippen molar-refractivity contribution in [3.05, 3.63) is 59.4 Å². The second kappa shape index (κ2) is 7.55. The Hall–Kier alpha value is -3.01. The van der Waals surface area contributed by atoms with Crippen molar-refractivity contribution in [1.29, 1.82) is 0 Å². The summed E-state index contributed by atoms with van der Waals surface area (Å²) in [6.45, 7) is 0.986. The van der Waals surface area contributed by atoms with Crippen LogP contribution in [0.2, 0.25) is 0 Å². The summed E-state index contributed by atoms with van der Waals surface area (Å²) in [5.41, 5.74) is 3.64. The Bertz CT molecular complexity index is 920. The van der Waals surface area contributed by atoms with Crippen LogP contribution in [0.5, 0.6) is 0 Å². The Morgan fingerprint density at radius 2 is 2.07 bits per heavy atom. The van der Waals surface area contributed by atoms with Gasteiger partial charge in [-0.15, -0.1) is 0 Å². The van der Waals surface area contributed by atoms with E-state index in [9.17, 15) is 22.4 Å². The van der Waals surface area contributed by atoms with E-state index in [1.165, 1.54) is 25.1 Å². The van der Waals surface area contributed by atoms with Gasteiger partial charge in [-0.2, -0.15) is 0 Å². The van der Waals surface area contributed by atoms with Gasteiger partial charge in [0.05, 0.1) is 6.20 Å². The highest BCUT2D eigenvalue weighted by atomic mass is 19.3. The molecule has 1 aromatic carbocycles. The molecule has 0 saturated carbocycles. The first-order chi connectivity index (χ1) is 13.2. The minimum Gasteiger partial charge on any atom is -0.386 e. The molecular weight excluding hydrogens is 380 g/mol. The fraction of sp³-hybridized carbons (Fsp3) is 0.278. The van der Waals surface area contributed by atoms with Crippen molar-refractivity contribution in [2.24, 2.45) is 10.7 Å². The number of nitrogens with zero attached hydrogens (tertiary/aromatic N) is 2. The van der Waals surface area contributed by atoms with E-state index in [4.69, 9.17) is 10.5 Å². The quantitative estimate of drug-likeness (QED) is 0.778. The first-order valence-corrected chi connectivity index (χ1v) is 8.17. The van der Waals surface area contributed by atoms with Crippen LogP contribution in [0, 0.1) is 11.6 Å². The molecule has 0 bridgehead atoms. The van der Waals surface area contributed by atoms with Gasteiger partial charge in [-0.1, -0.05) is 0 Å². The van der Waals surface area contributed by atoms with Crippen LogP contribution >= 0.6 is 0 Å². The standard InChI is InChI=1S/C18H16F4N4O2/c1-18(15(16(21)22)28-8-14(23)26-18)11-6-10(3-4-12(11)20)25-17(27)13-5-2-9(19)7-24-13/h2-7,15-16H,8H2,1H3,(H2,23,26)(H,25,27)/t15-,18+/m0/s1. The molecule has 0 unspecified atom stereocenters. The number of anilines is 1. The van der Waals surface area contributed by atoms with Gasteiger partial charge in [0.2, 0.25) is 0 Å². The number of alkyl halides is 2. The first kappa shape index (κ1) is 19.7. The van der Waals surface area contributed by atoms with Crippen molar-refractivity contribution in [1.82, 2.24) is 4.98 Å². The zero-order valence-corrected chi connectivity index (χ0v) is 14.6. The third-order valence-corrected chi connectivity index (χ3v) is 4.30. The predicted molar refractivity (Wildman–Crippen MR) is 93.3 cm³/mol. The van der Waals surface area contributed by atoms with Crippen LogP contribution in [0.25, 0.3) is 0 Å². The number of carbonyl (C=O) groups excluding carboxylic acids is 1. The number of hydrogen-bond donors (Lipinski definition) is 2. The van der Waals surface area contributed by atoms with E-state index in [-0.39, 0.29) is 29.4 Å². The van der Waals surface area contributed by atoms with E-state index in [0.717, 1.165) is 18.3 Å². The minimum atomic E-state index is -2.94. The van der Waals surface area contributed by atoms with Crippen LogP contribution in [0.1, 0.15) is 23.0 Å². The summed E-state index contributed by atoms with van der Waals surface area (Å²) in [4.78, 5) is 19.9. The number of carbonyl (C=O) groups is 1. The second-order valence-electron chi connectivity index (χ2n) is 6.33. The van der Waals surface area contributed by atoms with Gasteiger partial charge in [-0.3, -0.25) is 9.79 Å². The van der Waals surface area contributed by atoms with Crippen LogP contribution in [-0.4, -0.2) is 35.9 Å². The Balaban J connectivity index is 1.95. The number of benzene rings is 1. The van der Waals surface area contributed by atoms with E-state index < -0.39 is 35.6 Å². The maximum atomic E-state index is 14.5. The molecule has 0 radical (unpaired) electrons. The summed E-state index contributed by atoms with van der Waals surface area (Å²) in [6, 6.07) is 5.67. The SMILES string of the molecule is C[C@]1(c2cc(NC(=O)c3ccc(F)cn3)ccc2F)N=C(N)CO[C@H]1C(F)F. The number of halogens is 4. The monoisotopic (exact) mass is 396 g/mol. The molecule has 0 aliphatic carbocycles. The van der Waals surface area contributed by atoms with Gasteiger partial charge >= 0.3 is 0 Å². The molecule has 0 spiro atoms. The van der Waals surface area contributed by atoms with Crippen molar-refractivity contribution >= 4 is 17.4 Å². The zero-order chi connectivity index (χ0) is 20.5. The smallest absolute Gasteiger partial charge is 0.274 e. The van der Waals surface area contributed by atoms with Crippen molar-refractivity contribution in [3.63, 3.8) is 0 Å². The third kappa shape index (κ3) is 3.81. The Morgan fingerprint density at radius 3 is 2.71 bits per heavy atom. The van der Waals surface area contributed by atoms with Crippen LogP contribution in [0.15, 0.2) is 41.5 Å².